The van der Waals surface area contributed by atoms with Gasteiger partial charge in [-0.15, -0.1) is 0 Å². The largest absolute Gasteiger partial charge is 0.485 e. The van der Waals surface area contributed by atoms with Crippen molar-refractivity contribution in [1.82, 2.24) is 4.90 Å². The average molecular weight is 283 g/mol. The van der Waals surface area contributed by atoms with Crippen LogP contribution in [0.3, 0.4) is 0 Å². The third-order valence-corrected chi connectivity index (χ3v) is 3.42. The second-order valence-electron chi connectivity index (χ2n) is 5.04. The summed E-state index contributed by atoms with van der Waals surface area (Å²) in [5.74, 6) is 1.23. The number of hydrogen-bond donors (Lipinski definition) is 0. The van der Waals surface area contributed by atoms with Gasteiger partial charge in [-0.25, -0.2) is 0 Å². The molecule has 0 saturated carbocycles. The standard InChI is InChI=1S/C17H17NO3/c1-18(11-13-7-3-2-4-8-13)17(19)16-12-20-14-9-5-6-10-15(14)21-16/h2-10,16H,11-12H2,1H3/t16-/m0/s1. The molecule has 1 aliphatic heterocycles. The van der Waals surface area contributed by atoms with Gasteiger partial charge >= 0.3 is 0 Å². The number of para-hydroxylation sites is 2. The molecule has 1 amide bonds. The molecule has 2 aromatic rings. The minimum absolute atomic E-state index is 0.0756. The number of fused-ring (bicyclic) bond motifs is 1. The first kappa shape index (κ1) is 13.5. The topological polar surface area (TPSA) is 38.8 Å². The fraction of sp³-hybridized carbons (Fsp3) is 0.235. The van der Waals surface area contributed by atoms with E-state index in [1.807, 2.05) is 54.6 Å². The first-order valence-electron chi connectivity index (χ1n) is 6.91. The smallest absolute Gasteiger partial charge is 0.267 e. The Morgan fingerprint density at radius 3 is 2.52 bits per heavy atom. The molecule has 21 heavy (non-hydrogen) atoms. The summed E-state index contributed by atoms with van der Waals surface area (Å²) in [4.78, 5) is 14.1. The highest BCUT2D eigenvalue weighted by Gasteiger charge is 2.29. The maximum atomic E-state index is 12.4. The summed E-state index contributed by atoms with van der Waals surface area (Å²) in [5, 5.41) is 0. The Bertz CT molecular complexity index is 627. The van der Waals surface area contributed by atoms with Crippen molar-refractivity contribution < 1.29 is 14.3 Å². The van der Waals surface area contributed by atoms with Gasteiger partial charge in [0.1, 0.15) is 6.61 Å². The van der Waals surface area contributed by atoms with Crippen molar-refractivity contribution in [3.63, 3.8) is 0 Å². The predicted octanol–water partition coefficient (Wildman–Crippen LogP) is 2.49. The molecule has 108 valence electrons. The molecule has 0 unspecified atom stereocenters. The SMILES string of the molecule is CN(Cc1ccccc1)C(=O)[C@@H]1COc2ccccc2O1. The third-order valence-electron chi connectivity index (χ3n) is 3.42. The van der Waals surface area contributed by atoms with Crippen molar-refractivity contribution in [3.05, 3.63) is 60.2 Å². The zero-order valence-corrected chi connectivity index (χ0v) is 11.9. The van der Waals surface area contributed by atoms with Crippen molar-refractivity contribution in [3.8, 4) is 11.5 Å². The maximum absolute atomic E-state index is 12.4. The number of likely N-dealkylation sites (N-methyl/N-ethyl adjacent to an activating group) is 1. The molecule has 0 bridgehead atoms. The monoisotopic (exact) mass is 283 g/mol. The maximum Gasteiger partial charge on any atom is 0.267 e. The Balaban J connectivity index is 1.66. The van der Waals surface area contributed by atoms with E-state index in [9.17, 15) is 4.79 Å². The van der Waals surface area contributed by atoms with Gasteiger partial charge in [-0.1, -0.05) is 42.5 Å². The molecule has 3 rings (SSSR count). The van der Waals surface area contributed by atoms with E-state index >= 15 is 0 Å². The Kier molecular flexibility index (Phi) is 3.77. The van der Waals surface area contributed by atoms with Crippen LogP contribution in [0.25, 0.3) is 0 Å². The summed E-state index contributed by atoms with van der Waals surface area (Å²) >= 11 is 0. The van der Waals surface area contributed by atoms with E-state index in [1.165, 1.54) is 0 Å². The Morgan fingerprint density at radius 2 is 1.76 bits per heavy atom. The lowest BCUT2D eigenvalue weighted by molar-refractivity contribution is -0.140. The van der Waals surface area contributed by atoms with Crippen LogP contribution in [0.2, 0.25) is 0 Å². The van der Waals surface area contributed by atoms with Crippen molar-refractivity contribution in [2.45, 2.75) is 12.6 Å². The molecule has 0 aliphatic carbocycles. The van der Waals surface area contributed by atoms with Crippen LogP contribution in [-0.2, 0) is 11.3 Å². The number of nitrogens with zero attached hydrogens (tertiary/aromatic N) is 1. The summed E-state index contributed by atoms with van der Waals surface area (Å²) in [6.45, 7) is 0.802. The van der Waals surface area contributed by atoms with E-state index in [2.05, 4.69) is 0 Å². The van der Waals surface area contributed by atoms with Crippen molar-refractivity contribution in [1.29, 1.82) is 0 Å². The Morgan fingerprint density at radius 1 is 1.10 bits per heavy atom. The van der Waals surface area contributed by atoms with Gasteiger partial charge in [0.05, 0.1) is 0 Å². The highest BCUT2D eigenvalue weighted by Crippen LogP contribution is 2.31. The van der Waals surface area contributed by atoms with Gasteiger partial charge in [-0.05, 0) is 17.7 Å². The number of ether oxygens (including phenoxy) is 2. The lowest BCUT2D eigenvalue weighted by Gasteiger charge is -2.28. The molecule has 0 N–H and O–H groups in total. The minimum Gasteiger partial charge on any atom is -0.485 e. The normalized spacial score (nSPS) is 16.3. The highest BCUT2D eigenvalue weighted by atomic mass is 16.6. The molecule has 0 fully saturated rings. The summed E-state index contributed by atoms with van der Waals surface area (Å²) in [7, 11) is 1.78. The second kappa shape index (κ2) is 5.87. The lowest BCUT2D eigenvalue weighted by atomic mass is 10.2. The zero-order chi connectivity index (χ0) is 14.7. The molecule has 1 heterocycles. The molecule has 1 atom stereocenters. The zero-order valence-electron chi connectivity index (χ0n) is 11.9. The van der Waals surface area contributed by atoms with Crippen LogP contribution in [0.1, 0.15) is 5.56 Å². The third kappa shape index (κ3) is 2.99. The summed E-state index contributed by atoms with van der Waals surface area (Å²) in [5.41, 5.74) is 1.09. The fourth-order valence-corrected chi connectivity index (χ4v) is 2.32. The average Bonchev–Trinajstić information content (AvgIpc) is 2.54. The number of amides is 1. The van der Waals surface area contributed by atoms with Gasteiger partial charge in [0.2, 0.25) is 6.10 Å². The molecule has 0 saturated heterocycles. The van der Waals surface area contributed by atoms with Crippen LogP contribution in [0.5, 0.6) is 11.5 Å². The molecule has 0 radical (unpaired) electrons. The summed E-state index contributed by atoms with van der Waals surface area (Å²) in [6.07, 6.45) is -0.589. The summed E-state index contributed by atoms with van der Waals surface area (Å²) < 4.78 is 11.3. The number of hydrogen-bond acceptors (Lipinski definition) is 3. The molecule has 4 heteroatoms. The van der Waals surface area contributed by atoms with Crippen LogP contribution in [0.15, 0.2) is 54.6 Å². The van der Waals surface area contributed by atoms with E-state index in [4.69, 9.17) is 9.47 Å². The summed E-state index contributed by atoms with van der Waals surface area (Å²) in [6, 6.07) is 17.3. The number of carbonyl (C=O) groups excluding carboxylic acids is 1. The van der Waals surface area contributed by atoms with Gasteiger partial charge in [-0.2, -0.15) is 0 Å². The van der Waals surface area contributed by atoms with Crippen LogP contribution in [0.4, 0.5) is 0 Å². The molecular weight excluding hydrogens is 266 g/mol. The molecule has 4 nitrogen and oxygen atoms in total. The van der Waals surface area contributed by atoms with E-state index in [1.54, 1.807) is 11.9 Å². The molecule has 0 spiro atoms. The quantitative estimate of drug-likeness (QED) is 0.868. The van der Waals surface area contributed by atoms with E-state index in [0.717, 1.165) is 5.56 Å². The molecular formula is C17H17NO3. The van der Waals surface area contributed by atoms with Crippen LogP contribution >= 0.6 is 0 Å². The van der Waals surface area contributed by atoms with Gasteiger partial charge in [0, 0.05) is 13.6 Å². The van der Waals surface area contributed by atoms with Crippen molar-refractivity contribution in [2.75, 3.05) is 13.7 Å². The van der Waals surface area contributed by atoms with Crippen molar-refractivity contribution >= 4 is 5.91 Å². The minimum atomic E-state index is -0.589. The second-order valence-corrected chi connectivity index (χ2v) is 5.04. The van der Waals surface area contributed by atoms with Crippen LogP contribution in [0, 0.1) is 0 Å². The fourth-order valence-electron chi connectivity index (χ4n) is 2.32. The number of rotatable bonds is 3. The molecule has 0 aromatic heterocycles. The van der Waals surface area contributed by atoms with E-state index in [0.29, 0.717) is 18.0 Å². The van der Waals surface area contributed by atoms with Crippen LogP contribution < -0.4 is 9.47 Å². The predicted molar refractivity (Wildman–Crippen MR) is 79.3 cm³/mol. The first-order valence-corrected chi connectivity index (χ1v) is 6.91. The molecule has 1 aliphatic rings. The van der Waals surface area contributed by atoms with Gasteiger partial charge in [-0.3, -0.25) is 4.79 Å². The van der Waals surface area contributed by atoms with Gasteiger partial charge in [0.15, 0.2) is 11.5 Å². The van der Waals surface area contributed by atoms with Gasteiger partial charge < -0.3 is 14.4 Å². The first-order chi connectivity index (χ1) is 10.2. The number of carbonyl (C=O) groups is 1. The molecule has 2 aromatic carbocycles. The van der Waals surface area contributed by atoms with Crippen molar-refractivity contribution in [2.24, 2.45) is 0 Å². The van der Waals surface area contributed by atoms with Crippen LogP contribution in [-0.4, -0.2) is 30.6 Å². The Hall–Kier alpha value is -2.49. The Labute approximate surface area is 123 Å². The lowest BCUT2D eigenvalue weighted by Crippen LogP contribution is -2.44. The number of benzene rings is 2. The van der Waals surface area contributed by atoms with Gasteiger partial charge in [0.25, 0.3) is 5.91 Å². The highest BCUT2D eigenvalue weighted by molar-refractivity contribution is 5.81. The van der Waals surface area contributed by atoms with E-state index in [-0.39, 0.29) is 12.5 Å². The van der Waals surface area contributed by atoms with E-state index < -0.39 is 6.10 Å².